The molecule has 0 aliphatic carbocycles. The van der Waals surface area contributed by atoms with Crippen LogP contribution in [0.1, 0.15) is 42.5 Å². The molecule has 2 nitrogen and oxygen atoms in total. The Morgan fingerprint density at radius 3 is 2.71 bits per heavy atom. The zero-order chi connectivity index (χ0) is 15.0. The van der Waals surface area contributed by atoms with Gasteiger partial charge in [-0.25, -0.2) is 4.39 Å². The van der Waals surface area contributed by atoms with Crippen LogP contribution in [-0.4, -0.2) is 7.11 Å². The minimum atomic E-state index is -0.308. The van der Waals surface area contributed by atoms with Crippen LogP contribution >= 0.6 is 0 Å². The van der Waals surface area contributed by atoms with Gasteiger partial charge in [0.25, 0.3) is 0 Å². The van der Waals surface area contributed by atoms with Crippen molar-refractivity contribution < 1.29 is 9.13 Å². The van der Waals surface area contributed by atoms with Crippen molar-refractivity contribution in [1.29, 1.82) is 0 Å². The van der Waals surface area contributed by atoms with Crippen molar-refractivity contribution in [3.8, 4) is 5.75 Å². The number of nitrogens with one attached hydrogen (secondary N) is 1. The SMILES string of the molecule is COc1ccc(C2Cc3cccc(C(C)C)c3N2)cc1F. The summed E-state index contributed by atoms with van der Waals surface area (Å²) in [6, 6.07) is 11.7. The van der Waals surface area contributed by atoms with Gasteiger partial charge in [-0.3, -0.25) is 0 Å². The maximum atomic E-state index is 13.9. The molecule has 0 bridgehead atoms. The lowest BCUT2D eigenvalue weighted by Crippen LogP contribution is -2.07. The lowest BCUT2D eigenvalue weighted by molar-refractivity contribution is 0.386. The maximum Gasteiger partial charge on any atom is 0.165 e. The van der Waals surface area contributed by atoms with Gasteiger partial charge in [-0.2, -0.15) is 0 Å². The molecule has 3 rings (SSSR count). The first-order valence-corrected chi connectivity index (χ1v) is 7.32. The number of fused-ring (bicyclic) bond motifs is 1. The summed E-state index contributed by atoms with van der Waals surface area (Å²) in [5.41, 5.74) is 4.80. The average Bonchev–Trinajstić information content (AvgIpc) is 2.90. The van der Waals surface area contributed by atoms with Crippen molar-refractivity contribution >= 4 is 5.69 Å². The average molecular weight is 285 g/mol. The molecule has 0 aromatic heterocycles. The topological polar surface area (TPSA) is 21.3 Å². The predicted octanol–water partition coefficient (Wildman–Crippen LogP) is 4.67. The van der Waals surface area contributed by atoms with Crippen LogP contribution in [0.15, 0.2) is 36.4 Å². The number of para-hydroxylation sites is 1. The van der Waals surface area contributed by atoms with E-state index in [4.69, 9.17) is 4.74 Å². The van der Waals surface area contributed by atoms with Gasteiger partial charge >= 0.3 is 0 Å². The summed E-state index contributed by atoms with van der Waals surface area (Å²) in [6.45, 7) is 4.38. The van der Waals surface area contributed by atoms with Gasteiger partial charge in [0.1, 0.15) is 0 Å². The van der Waals surface area contributed by atoms with Crippen LogP contribution in [0.25, 0.3) is 0 Å². The van der Waals surface area contributed by atoms with E-state index in [0.29, 0.717) is 5.92 Å². The van der Waals surface area contributed by atoms with Crippen LogP contribution in [0.5, 0.6) is 5.75 Å². The highest BCUT2D eigenvalue weighted by atomic mass is 19.1. The molecule has 2 aromatic rings. The summed E-state index contributed by atoms with van der Waals surface area (Å²) >= 11 is 0. The first-order chi connectivity index (χ1) is 10.1. The number of methoxy groups -OCH3 is 1. The van der Waals surface area contributed by atoms with Crippen molar-refractivity contribution in [2.75, 3.05) is 12.4 Å². The number of hydrogen-bond donors (Lipinski definition) is 1. The van der Waals surface area contributed by atoms with Gasteiger partial charge in [0.15, 0.2) is 11.6 Å². The second-order valence-corrected chi connectivity index (χ2v) is 5.83. The molecule has 0 amide bonds. The number of hydrogen-bond acceptors (Lipinski definition) is 2. The molecule has 1 N–H and O–H groups in total. The van der Waals surface area contributed by atoms with Crippen molar-refractivity contribution in [3.63, 3.8) is 0 Å². The normalized spacial score (nSPS) is 16.7. The first kappa shape index (κ1) is 13.9. The third kappa shape index (κ3) is 2.48. The van der Waals surface area contributed by atoms with E-state index >= 15 is 0 Å². The van der Waals surface area contributed by atoms with E-state index in [-0.39, 0.29) is 17.6 Å². The van der Waals surface area contributed by atoms with Crippen LogP contribution in [0.3, 0.4) is 0 Å². The number of benzene rings is 2. The molecule has 2 aromatic carbocycles. The van der Waals surface area contributed by atoms with Gasteiger partial charge < -0.3 is 10.1 Å². The first-order valence-electron chi connectivity index (χ1n) is 7.32. The highest BCUT2D eigenvalue weighted by Gasteiger charge is 2.25. The number of ether oxygens (including phenoxy) is 1. The van der Waals surface area contributed by atoms with Crippen LogP contribution < -0.4 is 10.1 Å². The van der Waals surface area contributed by atoms with Crippen LogP contribution in [-0.2, 0) is 6.42 Å². The molecule has 1 heterocycles. The van der Waals surface area contributed by atoms with E-state index in [0.717, 1.165) is 12.0 Å². The largest absolute Gasteiger partial charge is 0.494 e. The highest BCUT2D eigenvalue weighted by Crippen LogP contribution is 2.39. The van der Waals surface area contributed by atoms with E-state index < -0.39 is 0 Å². The fourth-order valence-corrected chi connectivity index (χ4v) is 2.99. The Hall–Kier alpha value is -2.03. The van der Waals surface area contributed by atoms with E-state index in [1.165, 1.54) is 23.9 Å². The van der Waals surface area contributed by atoms with Crippen molar-refractivity contribution in [2.45, 2.75) is 32.2 Å². The van der Waals surface area contributed by atoms with Crippen LogP contribution in [0.2, 0.25) is 0 Å². The summed E-state index contributed by atoms with van der Waals surface area (Å²) in [5.74, 6) is 0.452. The molecular formula is C18H20FNO. The summed E-state index contributed by atoms with van der Waals surface area (Å²) in [5, 5.41) is 3.56. The monoisotopic (exact) mass is 285 g/mol. The molecule has 21 heavy (non-hydrogen) atoms. The Bertz CT molecular complexity index is 666. The third-order valence-corrected chi connectivity index (χ3v) is 4.13. The molecular weight excluding hydrogens is 265 g/mol. The fourth-order valence-electron chi connectivity index (χ4n) is 2.99. The van der Waals surface area contributed by atoms with Crippen molar-refractivity contribution in [3.05, 3.63) is 58.9 Å². The molecule has 3 heteroatoms. The lowest BCUT2D eigenvalue weighted by atomic mass is 9.97. The summed E-state index contributed by atoms with van der Waals surface area (Å²) in [7, 11) is 1.48. The van der Waals surface area contributed by atoms with Gasteiger partial charge in [-0.15, -0.1) is 0 Å². The number of rotatable bonds is 3. The van der Waals surface area contributed by atoms with Crippen LogP contribution in [0, 0.1) is 5.82 Å². The maximum absolute atomic E-state index is 13.9. The quantitative estimate of drug-likeness (QED) is 0.885. The number of halogens is 1. The predicted molar refractivity (Wildman–Crippen MR) is 83.6 cm³/mol. The Balaban J connectivity index is 1.91. The van der Waals surface area contributed by atoms with Gasteiger partial charge in [0.05, 0.1) is 13.2 Å². The van der Waals surface area contributed by atoms with E-state index in [2.05, 4.69) is 37.4 Å². The molecule has 0 fully saturated rings. The lowest BCUT2D eigenvalue weighted by Gasteiger charge is -2.15. The highest BCUT2D eigenvalue weighted by molar-refractivity contribution is 5.64. The molecule has 0 spiro atoms. The summed E-state index contributed by atoms with van der Waals surface area (Å²) in [4.78, 5) is 0. The van der Waals surface area contributed by atoms with Gasteiger partial charge in [-0.1, -0.05) is 38.1 Å². The molecule has 0 radical (unpaired) electrons. The smallest absolute Gasteiger partial charge is 0.165 e. The molecule has 0 saturated heterocycles. The zero-order valence-corrected chi connectivity index (χ0v) is 12.6. The Labute approximate surface area is 125 Å². The third-order valence-electron chi connectivity index (χ3n) is 4.13. The standard InChI is InChI=1S/C18H20FNO/c1-11(2)14-6-4-5-13-10-16(20-18(13)14)12-7-8-17(21-3)15(19)9-12/h4-9,11,16,20H,10H2,1-3H3. The molecule has 110 valence electrons. The van der Waals surface area contributed by atoms with Crippen molar-refractivity contribution in [2.24, 2.45) is 0 Å². The second kappa shape index (κ2) is 5.40. The molecule has 1 unspecified atom stereocenters. The van der Waals surface area contributed by atoms with Crippen molar-refractivity contribution in [1.82, 2.24) is 0 Å². The van der Waals surface area contributed by atoms with Crippen LogP contribution in [0.4, 0.5) is 10.1 Å². The molecule has 1 aliphatic heterocycles. The molecule has 1 atom stereocenters. The van der Waals surface area contributed by atoms with Gasteiger partial charge in [0.2, 0.25) is 0 Å². The fraction of sp³-hybridized carbons (Fsp3) is 0.333. The summed E-state index contributed by atoms with van der Waals surface area (Å²) in [6.07, 6.45) is 0.891. The Kier molecular flexibility index (Phi) is 3.58. The van der Waals surface area contributed by atoms with E-state index in [1.807, 2.05) is 6.07 Å². The van der Waals surface area contributed by atoms with E-state index in [9.17, 15) is 4.39 Å². The summed E-state index contributed by atoms with van der Waals surface area (Å²) < 4.78 is 18.9. The van der Waals surface area contributed by atoms with E-state index in [1.54, 1.807) is 12.1 Å². The second-order valence-electron chi connectivity index (χ2n) is 5.83. The Morgan fingerprint density at radius 2 is 2.05 bits per heavy atom. The minimum absolute atomic E-state index is 0.125. The molecule has 1 aliphatic rings. The van der Waals surface area contributed by atoms with Gasteiger partial charge in [0, 0.05) is 5.69 Å². The Morgan fingerprint density at radius 1 is 1.24 bits per heavy atom. The van der Waals surface area contributed by atoms with Gasteiger partial charge in [-0.05, 0) is 41.2 Å². The molecule has 0 saturated carbocycles. The minimum Gasteiger partial charge on any atom is -0.494 e. The number of anilines is 1. The zero-order valence-electron chi connectivity index (χ0n) is 12.6.